The molecule has 0 radical (unpaired) electrons. The smallest absolute Gasteiger partial charge is 0.0931 e. The molecule has 0 amide bonds. The van der Waals surface area contributed by atoms with Crippen LogP contribution in [0.2, 0.25) is 4.34 Å². The van der Waals surface area contributed by atoms with Crippen molar-refractivity contribution >= 4 is 28.6 Å². The highest BCUT2D eigenvalue weighted by molar-refractivity contribution is 7.16. The van der Waals surface area contributed by atoms with Gasteiger partial charge in [0.25, 0.3) is 0 Å². The summed E-state index contributed by atoms with van der Waals surface area (Å²) in [7, 11) is 0. The van der Waals surface area contributed by atoms with Crippen molar-refractivity contribution < 1.29 is 0 Å². The molecule has 1 saturated carbocycles. The third-order valence-corrected chi connectivity index (χ3v) is 5.69. The predicted molar refractivity (Wildman–Crippen MR) is 90.2 cm³/mol. The normalized spacial score (nSPS) is 22.0. The average Bonchev–Trinajstić information content (AvgIpc) is 3.27. The van der Waals surface area contributed by atoms with Gasteiger partial charge in [0.1, 0.15) is 0 Å². The number of halogens is 1. The van der Waals surface area contributed by atoms with E-state index in [9.17, 15) is 0 Å². The summed E-state index contributed by atoms with van der Waals surface area (Å²) in [5, 5.41) is 3.76. The molecule has 1 N–H and O–H groups in total. The van der Waals surface area contributed by atoms with Crippen molar-refractivity contribution in [2.45, 2.75) is 32.0 Å². The Kier molecular flexibility index (Phi) is 3.66. The molecule has 1 unspecified atom stereocenters. The van der Waals surface area contributed by atoms with Crippen LogP contribution in [0.25, 0.3) is 0 Å². The molecule has 0 bridgehead atoms. The monoisotopic (exact) mass is 318 g/mol. The zero-order chi connectivity index (χ0) is 14.2. The van der Waals surface area contributed by atoms with E-state index in [4.69, 9.17) is 11.6 Å². The molecule has 1 aromatic carbocycles. The van der Waals surface area contributed by atoms with Crippen LogP contribution >= 0.6 is 22.9 Å². The van der Waals surface area contributed by atoms with Gasteiger partial charge in [-0.25, -0.2) is 0 Å². The third kappa shape index (κ3) is 2.96. The first-order valence-corrected chi connectivity index (χ1v) is 8.79. The summed E-state index contributed by atoms with van der Waals surface area (Å²) in [5.74, 6) is 0.869. The maximum absolute atomic E-state index is 6.09. The van der Waals surface area contributed by atoms with Crippen molar-refractivity contribution in [3.63, 3.8) is 0 Å². The molecule has 2 aliphatic rings. The lowest BCUT2D eigenvalue weighted by molar-refractivity contribution is 0.467. The van der Waals surface area contributed by atoms with E-state index in [1.165, 1.54) is 29.0 Å². The number of anilines is 1. The molecule has 21 heavy (non-hydrogen) atoms. The van der Waals surface area contributed by atoms with Gasteiger partial charge in [-0.2, -0.15) is 0 Å². The van der Waals surface area contributed by atoms with Crippen LogP contribution in [0.15, 0.2) is 36.4 Å². The summed E-state index contributed by atoms with van der Waals surface area (Å²) in [6.07, 6.45) is 2.76. The SMILES string of the molecule is Clc1ccc(CN2CC(C3CC3)NCc3ccccc32)s1. The van der Waals surface area contributed by atoms with E-state index in [0.29, 0.717) is 6.04 Å². The number of hydrogen-bond donors (Lipinski definition) is 1. The second-order valence-electron chi connectivity index (χ2n) is 6.04. The Morgan fingerprint density at radius 1 is 1.19 bits per heavy atom. The summed E-state index contributed by atoms with van der Waals surface area (Å²) < 4.78 is 0.880. The first kappa shape index (κ1) is 13.6. The van der Waals surface area contributed by atoms with Crippen molar-refractivity contribution in [3.05, 3.63) is 51.2 Å². The van der Waals surface area contributed by atoms with Crippen LogP contribution < -0.4 is 10.2 Å². The summed E-state index contributed by atoms with van der Waals surface area (Å²) >= 11 is 7.78. The number of hydrogen-bond acceptors (Lipinski definition) is 3. The van der Waals surface area contributed by atoms with E-state index < -0.39 is 0 Å². The zero-order valence-electron chi connectivity index (χ0n) is 11.9. The number of thiophene rings is 1. The van der Waals surface area contributed by atoms with Crippen molar-refractivity contribution in [2.24, 2.45) is 5.92 Å². The summed E-state index contributed by atoms with van der Waals surface area (Å²) in [6, 6.07) is 13.5. The molecule has 0 saturated heterocycles. The van der Waals surface area contributed by atoms with Crippen LogP contribution in [0.4, 0.5) is 5.69 Å². The quantitative estimate of drug-likeness (QED) is 0.908. The predicted octanol–water partition coefficient (Wildman–Crippen LogP) is 4.29. The van der Waals surface area contributed by atoms with Crippen LogP contribution in [-0.4, -0.2) is 12.6 Å². The van der Waals surface area contributed by atoms with Crippen molar-refractivity contribution in [1.29, 1.82) is 0 Å². The molecule has 1 atom stereocenters. The average molecular weight is 319 g/mol. The maximum atomic E-state index is 6.09. The molecule has 0 spiro atoms. The lowest BCUT2D eigenvalue weighted by Crippen LogP contribution is -2.39. The van der Waals surface area contributed by atoms with Gasteiger partial charge in [0.15, 0.2) is 0 Å². The summed E-state index contributed by atoms with van der Waals surface area (Å²) in [6.45, 7) is 3.04. The Bertz CT molecular complexity index is 635. The fraction of sp³-hybridized carbons (Fsp3) is 0.412. The molecule has 1 aliphatic carbocycles. The maximum Gasteiger partial charge on any atom is 0.0931 e. The fourth-order valence-corrected chi connectivity index (χ4v) is 4.30. The van der Waals surface area contributed by atoms with Crippen LogP contribution in [0.5, 0.6) is 0 Å². The second-order valence-corrected chi connectivity index (χ2v) is 7.84. The highest BCUT2D eigenvalue weighted by Gasteiger charge is 2.34. The molecule has 1 aromatic heterocycles. The minimum atomic E-state index is 0.618. The Labute approximate surface area is 134 Å². The second kappa shape index (κ2) is 5.64. The zero-order valence-corrected chi connectivity index (χ0v) is 13.5. The summed E-state index contributed by atoms with van der Waals surface area (Å²) in [4.78, 5) is 3.87. The number of para-hydroxylation sites is 1. The highest BCUT2D eigenvalue weighted by atomic mass is 35.5. The van der Waals surface area contributed by atoms with Gasteiger partial charge in [0.2, 0.25) is 0 Å². The molecule has 1 fully saturated rings. The Morgan fingerprint density at radius 2 is 2.05 bits per heavy atom. The van der Waals surface area contributed by atoms with E-state index in [-0.39, 0.29) is 0 Å². The van der Waals surface area contributed by atoms with E-state index in [1.807, 2.05) is 6.07 Å². The van der Waals surface area contributed by atoms with Gasteiger partial charge in [-0.3, -0.25) is 0 Å². The highest BCUT2D eigenvalue weighted by Crippen LogP contribution is 2.36. The van der Waals surface area contributed by atoms with Crippen LogP contribution in [-0.2, 0) is 13.1 Å². The van der Waals surface area contributed by atoms with Gasteiger partial charge in [0, 0.05) is 29.7 Å². The number of rotatable bonds is 3. The first-order valence-electron chi connectivity index (χ1n) is 7.60. The van der Waals surface area contributed by atoms with E-state index in [0.717, 1.165) is 29.9 Å². The Hall–Kier alpha value is -1.03. The minimum Gasteiger partial charge on any atom is -0.365 e. The molecule has 1 aliphatic heterocycles. The standard InChI is InChI=1S/C17H19ClN2S/c18-17-8-7-14(21-17)10-20-11-15(12-5-6-12)19-9-13-3-1-2-4-16(13)20/h1-4,7-8,12,15,19H,5-6,9-11H2. The first-order chi connectivity index (χ1) is 10.3. The third-order valence-electron chi connectivity index (χ3n) is 4.47. The van der Waals surface area contributed by atoms with Gasteiger partial charge in [-0.15, -0.1) is 11.3 Å². The number of nitrogens with zero attached hydrogens (tertiary/aromatic N) is 1. The summed E-state index contributed by atoms with van der Waals surface area (Å²) in [5.41, 5.74) is 2.78. The molecule has 4 heteroatoms. The molecular formula is C17H19ClN2S. The molecule has 2 aromatic rings. The molecule has 2 nitrogen and oxygen atoms in total. The molecule has 110 valence electrons. The minimum absolute atomic E-state index is 0.618. The Balaban J connectivity index is 1.63. The van der Waals surface area contributed by atoms with Crippen molar-refractivity contribution in [2.75, 3.05) is 11.4 Å². The van der Waals surface area contributed by atoms with Crippen molar-refractivity contribution in [3.8, 4) is 0 Å². The number of benzene rings is 1. The number of fused-ring (bicyclic) bond motifs is 1. The van der Waals surface area contributed by atoms with Gasteiger partial charge >= 0.3 is 0 Å². The van der Waals surface area contributed by atoms with Gasteiger partial charge < -0.3 is 10.2 Å². The van der Waals surface area contributed by atoms with E-state index in [1.54, 1.807) is 11.3 Å². The topological polar surface area (TPSA) is 15.3 Å². The van der Waals surface area contributed by atoms with Gasteiger partial charge in [0.05, 0.1) is 10.9 Å². The number of nitrogens with one attached hydrogen (secondary N) is 1. The fourth-order valence-electron chi connectivity index (χ4n) is 3.20. The molecule has 4 rings (SSSR count). The lowest BCUT2D eigenvalue weighted by Gasteiger charge is -2.27. The van der Waals surface area contributed by atoms with E-state index >= 15 is 0 Å². The van der Waals surface area contributed by atoms with Crippen molar-refractivity contribution in [1.82, 2.24) is 5.32 Å². The van der Waals surface area contributed by atoms with Crippen LogP contribution in [0, 0.1) is 5.92 Å². The largest absolute Gasteiger partial charge is 0.365 e. The molecular weight excluding hydrogens is 300 g/mol. The molecule has 2 heterocycles. The van der Waals surface area contributed by atoms with Gasteiger partial charge in [-0.05, 0) is 42.5 Å². The van der Waals surface area contributed by atoms with Gasteiger partial charge in [-0.1, -0.05) is 29.8 Å². The van der Waals surface area contributed by atoms with Crippen LogP contribution in [0.3, 0.4) is 0 Å². The Morgan fingerprint density at radius 3 is 2.81 bits per heavy atom. The van der Waals surface area contributed by atoms with E-state index in [2.05, 4.69) is 40.5 Å². The lowest BCUT2D eigenvalue weighted by atomic mass is 10.1. The van der Waals surface area contributed by atoms with Crippen LogP contribution in [0.1, 0.15) is 23.3 Å².